The van der Waals surface area contributed by atoms with Crippen LogP contribution in [0, 0.1) is 0 Å². The van der Waals surface area contributed by atoms with Gasteiger partial charge in [0.1, 0.15) is 5.75 Å². The van der Waals surface area contributed by atoms with Gasteiger partial charge >= 0.3 is 11.9 Å². The van der Waals surface area contributed by atoms with Gasteiger partial charge in [0.25, 0.3) is 5.91 Å². The number of carbonyl (C=O) groups is 3. The summed E-state index contributed by atoms with van der Waals surface area (Å²) in [5, 5.41) is 0. The maximum Gasteiger partial charge on any atom is 0.338 e. The average Bonchev–Trinajstić information content (AvgIpc) is 2.73. The van der Waals surface area contributed by atoms with Gasteiger partial charge in [-0.25, -0.2) is 9.59 Å². The lowest BCUT2D eigenvalue weighted by Gasteiger charge is -2.27. The van der Waals surface area contributed by atoms with Crippen LogP contribution in [0.1, 0.15) is 48.4 Å². The number of benzene rings is 2. The van der Waals surface area contributed by atoms with Crippen LogP contribution in [0.5, 0.6) is 5.75 Å². The lowest BCUT2D eigenvalue weighted by molar-refractivity contribution is -0.120. The molecule has 2 rings (SSSR count). The number of hydrogen-bond acceptors (Lipinski definition) is 6. The quantitative estimate of drug-likeness (QED) is 0.581. The summed E-state index contributed by atoms with van der Waals surface area (Å²) in [6.07, 6.45) is 0. The van der Waals surface area contributed by atoms with E-state index in [1.807, 2.05) is 44.2 Å². The summed E-state index contributed by atoms with van der Waals surface area (Å²) in [5.74, 6) is -1.23. The number of para-hydroxylation sites is 1. The summed E-state index contributed by atoms with van der Waals surface area (Å²) < 4.78 is 15.7. The standard InChI is InChI=1S/C23H27NO6/c1-5-28-22(26)17-12-18(23(27)29-6-2)14-20(13-17)30-15-21(25)24(16(3)4)19-10-8-7-9-11-19/h7-14,16H,5-6,15H2,1-4H3. The number of carbonyl (C=O) groups excluding carboxylic acids is 3. The Bertz CT molecular complexity index is 842. The van der Waals surface area contributed by atoms with E-state index in [0.29, 0.717) is 0 Å². The Balaban J connectivity index is 2.24. The number of nitrogens with zero attached hydrogens (tertiary/aromatic N) is 1. The molecule has 30 heavy (non-hydrogen) atoms. The third-order valence-corrected chi connectivity index (χ3v) is 4.11. The first-order chi connectivity index (χ1) is 14.4. The number of rotatable bonds is 9. The molecule has 7 nitrogen and oxygen atoms in total. The van der Waals surface area contributed by atoms with Gasteiger partial charge in [0.05, 0.1) is 24.3 Å². The molecule has 7 heteroatoms. The minimum absolute atomic E-state index is 0.0792. The summed E-state index contributed by atoms with van der Waals surface area (Å²) in [4.78, 5) is 38.7. The molecule has 0 N–H and O–H groups in total. The second-order valence-corrected chi connectivity index (χ2v) is 6.67. The van der Waals surface area contributed by atoms with Crippen molar-refractivity contribution in [1.29, 1.82) is 0 Å². The Hall–Kier alpha value is -3.35. The number of anilines is 1. The van der Waals surface area contributed by atoms with E-state index >= 15 is 0 Å². The monoisotopic (exact) mass is 413 g/mol. The van der Waals surface area contributed by atoms with Crippen molar-refractivity contribution in [3.05, 3.63) is 59.7 Å². The Morgan fingerprint density at radius 2 is 1.40 bits per heavy atom. The SMILES string of the molecule is CCOC(=O)c1cc(OCC(=O)N(c2ccccc2)C(C)C)cc(C(=O)OCC)c1. The fourth-order valence-electron chi connectivity index (χ4n) is 2.88. The molecule has 160 valence electrons. The molecular formula is C23H27NO6. The van der Waals surface area contributed by atoms with Crippen molar-refractivity contribution in [3.63, 3.8) is 0 Å². The molecule has 0 heterocycles. The van der Waals surface area contributed by atoms with Crippen molar-refractivity contribution < 1.29 is 28.6 Å². The molecule has 0 radical (unpaired) electrons. The van der Waals surface area contributed by atoms with Gasteiger partial charge < -0.3 is 19.1 Å². The van der Waals surface area contributed by atoms with Crippen LogP contribution < -0.4 is 9.64 Å². The largest absolute Gasteiger partial charge is 0.484 e. The molecule has 0 aromatic heterocycles. The number of hydrogen-bond donors (Lipinski definition) is 0. The smallest absolute Gasteiger partial charge is 0.338 e. The molecule has 0 aliphatic heterocycles. The van der Waals surface area contributed by atoms with Gasteiger partial charge in [0, 0.05) is 11.7 Å². The van der Waals surface area contributed by atoms with E-state index in [0.717, 1.165) is 5.69 Å². The van der Waals surface area contributed by atoms with Crippen LogP contribution in [0.2, 0.25) is 0 Å². The Kier molecular flexibility index (Phi) is 8.41. The summed E-state index contributed by atoms with van der Waals surface area (Å²) in [7, 11) is 0. The van der Waals surface area contributed by atoms with E-state index in [9.17, 15) is 14.4 Å². The number of ether oxygens (including phenoxy) is 3. The van der Waals surface area contributed by atoms with E-state index in [1.165, 1.54) is 18.2 Å². The van der Waals surface area contributed by atoms with E-state index < -0.39 is 11.9 Å². The highest BCUT2D eigenvalue weighted by Gasteiger charge is 2.21. The molecule has 0 saturated heterocycles. The molecule has 0 fully saturated rings. The molecule has 0 atom stereocenters. The minimum atomic E-state index is -0.590. The lowest BCUT2D eigenvalue weighted by atomic mass is 10.1. The van der Waals surface area contributed by atoms with E-state index in [4.69, 9.17) is 14.2 Å². The van der Waals surface area contributed by atoms with E-state index in [-0.39, 0.29) is 48.6 Å². The molecule has 0 unspecified atom stereocenters. The van der Waals surface area contributed by atoms with Crippen molar-refractivity contribution in [2.75, 3.05) is 24.7 Å². The van der Waals surface area contributed by atoms with Gasteiger partial charge in [-0.15, -0.1) is 0 Å². The van der Waals surface area contributed by atoms with Crippen LogP contribution in [-0.4, -0.2) is 43.7 Å². The van der Waals surface area contributed by atoms with Gasteiger partial charge in [0.2, 0.25) is 0 Å². The Morgan fingerprint density at radius 3 is 1.87 bits per heavy atom. The number of esters is 2. The van der Waals surface area contributed by atoms with Gasteiger partial charge in [-0.05, 0) is 58.0 Å². The zero-order chi connectivity index (χ0) is 22.1. The van der Waals surface area contributed by atoms with Crippen molar-refractivity contribution in [2.24, 2.45) is 0 Å². The highest BCUT2D eigenvalue weighted by Crippen LogP contribution is 2.21. The summed E-state index contributed by atoms with van der Waals surface area (Å²) in [6, 6.07) is 13.5. The van der Waals surface area contributed by atoms with Crippen molar-refractivity contribution in [3.8, 4) is 5.75 Å². The molecule has 0 spiro atoms. The van der Waals surface area contributed by atoms with Crippen LogP contribution in [0.25, 0.3) is 0 Å². The average molecular weight is 413 g/mol. The third kappa shape index (κ3) is 6.07. The fourth-order valence-corrected chi connectivity index (χ4v) is 2.88. The second-order valence-electron chi connectivity index (χ2n) is 6.67. The molecule has 0 saturated carbocycles. The minimum Gasteiger partial charge on any atom is -0.484 e. The molecule has 1 amide bonds. The van der Waals surface area contributed by atoms with Crippen LogP contribution in [0.4, 0.5) is 5.69 Å². The maximum atomic E-state index is 12.8. The van der Waals surface area contributed by atoms with Crippen LogP contribution in [0.15, 0.2) is 48.5 Å². The van der Waals surface area contributed by atoms with Gasteiger partial charge in [0.15, 0.2) is 6.61 Å². The third-order valence-electron chi connectivity index (χ3n) is 4.11. The van der Waals surface area contributed by atoms with Crippen molar-refractivity contribution in [2.45, 2.75) is 33.7 Å². The van der Waals surface area contributed by atoms with E-state index in [1.54, 1.807) is 18.7 Å². The topological polar surface area (TPSA) is 82.1 Å². The molecule has 2 aromatic rings. The zero-order valence-corrected chi connectivity index (χ0v) is 17.7. The molecule has 0 bridgehead atoms. The van der Waals surface area contributed by atoms with Crippen molar-refractivity contribution in [1.82, 2.24) is 0 Å². The predicted octanol–water partition coefficient (Wildman–Crippen LogP) is 3.86. The molecule has 2 aromatic carbocycles. The van der Waals surface area contributed by atoms with Gasteiger partial charge in [-0.2, -0.15) is 0 Å². The highest BCUT2D eigenvalue weighted by molar-refractivity contribution is 5.97. The first-order valence-electron chi connectivity index (χ1n) is 9.86. The van der Waals surface area contributed by atoms with Crippen molar-refractivity contribution >= 4 is 23.5 Å². The molecule has 0 aliphatic carbocycles. The van der Waals surface area contributed by atoms with Crippen LogP contribution >= 0.6 is 0 Å². The number of amides is 1. The molecule has 0 aliphatic rings. The van der Waals surface area contributed by atoms with E-state index in [2.05, 4.69) is 0 Å². The first-order valence-corrected chi connectivity index (χ1v) is 9.86. The zero-order valence-electron chi connectivity index (χ0n) is 17.7. The van der Waals surface area contributed by atoms with Crippen LogP contribution in [0.3, 0.4) is 0 Å². The van der Waals surface area contributed by atoms with Crippen LogP contribution in [-0.2, 0) is 14.3 Å². The summed E-state index contributed by atoms with van der Waals surface area (Å²) in [6.45, 7) is 7.31. The maximum absolute atomic E-state index is 12.8. The lowest BCUT2D eigenvalue weighted by Crippen LogP contribution is -2.40. The summed E-state index contributed by atoms with van der Waals surface area (Å²) in [5.41, 5.74) is 1.05. The summed E-state index contributed by atoms with van der Waals surface area (Å²) >= 11 is 0. The first kappa shape index (κ1) is 22.9. The van der Waals surface area contributed by atoms with Gasteiger partial charge in [-0.3, -0.25) is 4.79 Å². The fraction of sp³-hybridized carbons (Fsp3) is 0.348. The highest BCUT2D eigenvalue weighted by atomic mass is 16.5. The normalized spacial score (nSPS) is 10.4. The second kappa shape index (κ2) is 11.0. The Morgan fingerprint density at radius 1 is 0.867 bits per heavy atom. The Labute approximate surface area is 176 Å². The predicted molar refractivity (Wildman–Crippen MR) is 113 cm³/mol. The van der Waals surface area contributed by atoms with Gasteiger partial charge in [-0.1, -0.05) is 18.2 Å². The molecular weight excluding hydrogens is 386 g/mol.